The molecule has 0 aliphatic carbocycles. The van der Waals surface area contributed by atoms with Gasteiger partial charge in [-0.25, -0.2) is 0 Å². The normalized spacial score (nSPS) is 20.3. The Morgan fingerprint density at radius 1 is 1.40 bits per heavy atom. The van der Waals surface area contributed by atoms with Crippen LogP contribution in [-0.2, 0) is 9.53 Å². The molecule has 7 heteroatoms. The van der Waals surface area contributed by atoms with Gasteiger partial charge in [0.15, 0.2) is 5.66 Å². The van der Waals surface area contributed by atoms with Crippen LogP contribution in [0.2, 0.25) is 0 Å². The summed E-state index contributed by atoms with van der Waals surface area (Å²) in [6.45, 7) is 1.98. The van der Waals surface area contributed by atoms with Gasteiger partial charge in [0.1, 0.15) is 0 Å². The molecule has 1 aliphatic rings. The molecular weight excluding hydrogens is 213 g/mol. The lowest BCUT2D eigenvalue weighted by atomic mass is 10.1. The molecule has 1 fully saturated rings. The van der Waals surface area contributed by atoms with Crippen molar-refractivity contribution in [1.29, 1.82) is 0 Å². The number of esters is 1. The minimum atomic E-state index is -4.52. The van der Waals surface area contributed by atoms with Crippen LogP contribution in [0.3, 0.4) is 0 Å². The lowest BCUT2D eigenvalue weighted by Gasteiger charge is -2.31. The summed E-state index contributed by atoms with van der Waals surface area (Å²) in [7, 11) is 0. The zero-order valence-corrected chi connectivity index (χ0v) is 8.28. The molecule has 0 unspecified atom stereocenters. The summed E-state index contributed by atoms with van der Waals surface area (Å²) >= 11 is 0. The molecule has 0 saturated carbocycles. The SMILES string of the molecule is CCOC(=O)CC1(C(F)(F)F)NCCN1. The van der Waals surface area contributed by atoms with Crippen LogP contribution < -0.4 is 10.6 Å². The van der Waals surface area contributed by atoms with Crippen molar-refractivity contribution in [3.8, 4) is 0 Å². The average molecular weight is 226 g/mol. The summed E-state index contributed by atoms with van der Waals surface area (Å²) in [5, 5.41) is 4.52. The molecule has 2 N–H and O–H groups in total. The van der Waals surface area contributed by atoms with Gasteiger partial charge >= 0.3 is 12.1 Å². The Kier molecular flexibility index (Phi) is 3.56. The fraction of sp³-hybridized carbons (Fsp3) is 0.875. The van der Waals surface area contributed by atoms with E-state index in [2.05, 4.69) is 15.4 Å². The molecule has 0 aromatic carbocycles. The maximum absolute atomic E-state index is 12.7. The topological polar surface area (TPSA) is 50.4 Å². The summed E-state index contributed by atoms with van der Waals surface area (Å²) in [5.74, 6) is -0.864. The van der Waals surface area contributed by atoms with Crippen LogP contribution in [-0.4, -0.2) is 37.5 Å². The second kappa shape index (κ2) is 4.36. The second-order valence-corrected chi connectivity index (χ2v) is 3.24. The van der Waals surface area contributed by atoms with Crippen LogP contribution in [0.15, 0.2) is 0 Å². The molecular formula is C8H13F3N2O2. The van der Waals surface area contributed by atoms with E-state index in [-0.39, 0.29) is 19.7 Å². The molecule has 0 amide bonds. The molecule has 0 bridgehead atoms. The molecule has 15 heavy (non-hydrogen) atoms. The zero-order valence-electron chi connectivity index (χ0n) is 8.28. The smallest absolute Gasteiger partial charge is 0.420 e. The summed E-state index contributed by atoms with van der Waals surface area (Å²) in [6, 6.07) is 0. The quantitative estimate of drug-likeness (QED) is 0.683. The Morgan fingerprint density at radius 2 is 1.93 bits per heavy atom. The van der Waals surface area contributed by atoms with Gasteiger partial charge in [-0.3, -0.25) is 15.4 Å². The molecule has 1 aliphatic heterocycles. The Bertz CT molecular complexity index is 237. The number of halogens is 3. The van der Waals surface area contributed by atoms with E-state index in [0.717, 1.165) is 0 Å². The highest BCUT2D eigenvalue weighted by molar-refractivity contribution is 5.71. The highest BCUT2D eigenvalue weighted by atomic mass is 19.4. The van der Waals surface area contributed by atoms with Gasteiger partial charge in [-0.2, -0.15) is 13.2 Å². The second-order valence-electron chi connectivity index (χ2n) is 3.24. The Hall–Kier alpha value is -0.820. The summed E-state index contributed by atoms with van der Waals surface area (Å²) in [6.07, 6.45) is -5.26. The van der Waals surface area contributed by atoms with Crippen molar-refractivity contribution in [3.63, 3.8) is 0 Å². The van der Waals surface area contributed by atoms with Crippen molar-refractivity contribution in [2.24, 2.45) is 0 Å². The van der Waals surface area contributed by atoms with Gasteiger partial charge in [-0.1, -0.05) is 0 Å². The van der Waals surface area contributed by atoms with E-state index in [9.17, 15) is 18.0 Å². The van der Waals surface area contributed by atoms with Crippen LogP contribution in [0.5, 0.6) is 0 Å². The monoisotopic (exact) mass is 226 g/mol. The molecule has 0 radical (unpaired) electrons. The highest BCUT2D eigenvalue weighted by Gasteiger charge is 2.57. The third kappa shape index (κ3) is 2.60. The predicted octanol–water partition coefficient (Wildman–Crippen LogP) is 0.391. The minimum Gasteiger partial charge on any atom is -0.466 e. The van der Waals surface area contributed by atoms with Gasteiger partial charge in [0.2, 0.25) is 0 Å². The highest BCUT2D eigenvalue weighted by Crippen LogP contribution is 2.32. The van der Waals surface area contributed by atoms with Crippen molar-refractivity contribution >= 4 is 5.97 Å². The zero-order chi connectivity index (χ0) is 11.5. The van der Waals surface area contributed by atoms with Crippen LogP contribution in [0.4, 0.5) is 13.2 Å². The number of carbonyl (C=O) groups is 1. The van der Waals surface area contributed by atoms with Crippen molar-refractivity contribution < 1.29 is 22.7 Å². The Balaban J connectivity index is 2.70. The van der Waals surface area contributed by atoms with Gasteiger partial charge in [0, 0.05) is 13.1 Å². The van der Waals surface area contributed by atoms with E-state index in [0.29, 0.717) is 0 Å². The molecule has 88 valence electrons. The summed E-state index contributed by atoms with van der Waals surface area (Å²) in [5.41, 5.74) is -2.32. The van der Waals surface area contributed by atoms with E-state index in [1.807, 2.05) is 0 Å². The standard InChI is InChI=1S/C8H13F3N2O2/c1-2-15-6(14)5-7(8(9,10)11)12-3-4-13-7/h12-13H,2-5H2,1H3. The molecule has 1 rings (SSSR count). The van der Waals surface area contributed by atoms with Gasteiger partial charge in [0.05, 0.1) is 13.0 Å². The van der Waals surface area contributed by atoms with Gasteiger partial charge in [-0.05, 0) is 6.92 Å². The fourth-order valence-electron chi connectivity index (χ4n) is 1.47. The van der Waals surface area contributed by atoms with Crippen molar-refractivity contribution in [2.75, 3.05) is 19.7 Å². The molecule has 0 aromatic rings. The van der Waals surface area contributed by atoms with Crippen LogP contribution in [0.1, 0.15) is 13.3 Å². The summed E-state index contributed by atoms with van der Waals surface area (Å²) < 4.78 is 42.6. The maximum atomic E-state index is 12.7. The molecule has 1 heterocycles. The molecule has 0 aromatic heterocycles. The number of alkyl halides is 3. The lowest BCUT2D eigenvalue weighted by molar-refractivity contribution is -0.206. The van der Waals surface area contributed by atoms with Crippen molar-refractivity contribution in [3.05, 3.63) is 0 Å². The van der Waals surface area contributed by atoms with E-state index in [1.54, 1.807) is 6.92 Å². The van der Waals surface area contributed by atoms with Crippen LogP contribution in [0, 0.1) is 0 Å². The van der Waals surface area contributed by atoms with E-state index >= 15 is 0 Å². The number of carbonyl (C=O) groups excluding carboxylic acids is 1. The van der Waals surface area contributed by atoms with Crippen molar-refractivity contribution in [2.45, 2.75) is 25.2 Å². The lowest BCUT2D eigenvalue weighted by Crippen LogP contribution is -2.61. The van der Waals surface area contributed by atoms with E-state index in [4.69, 9.17) is 0 Å². The molecule has 0 spiro atoms. The first-order chi connectivity index (χ1) is 6.91. The number of ether oxygens (including phenoxy) is 1. The van der Waals surface area contributed by atoms with Gasteiger partial charge < -0.3 is 4.74 Å². The first kappa shape index (κ1) is 12.3. The molecule has 4 nitrogen and oxygen atoms in total. The fourth-order valence-corrected chi connectivity index (χ4v) is 1.47. The first-order valence-electron chi connectivity index (χ1n) is 4.64. The number of hydrogen-bond acceptors (Lipinski definition) is 4. The Labute approximate surface area is 85.2 Å². The minimum absolute atomic E-state index is 0.0762. The number of hydrogen-bond donors (Lipinski definition) is 2. The number of rotatable bonds is 3. The van der Waals surface area contributed by atoms with Gasteiger partial charge in [0.25, 0.3) is 0 Å². The average Bonchev–Trinajstić information content (AvgIpc) is 2.53. The largest absolute Gasteiger partial charge is 0.466 e. The van der Waals surface area contributed by atoms with E-state index in [1.165, 1.54) is 0 Å². The van der Waals surface area contributed by atoms with Gasteiger partial charge in [-0.15, -0.1) is 0 Å². The van der Waals surface area contributed by atoms with Crippen molar-refractivity contribution in [1.82, 2.24) is 10.6 Å². The molecule has 0 atom stereocenters. The van der Waals surface area contributed by atoms with Crippen LogP contribution >= 0.6 is 0 Å². The third-order valence-corrected chi connectivity index (χ3v) is 2.18. The summed E-state index contributed by atoms with van der Waals surface area (Å²) in [4.78, 5) is 11.0. The Morgan fingerprint density at radius 3 is 2.33 bits per heavy atom. The van der Waals surface area contributed by atoms with Crippen LogP contribution in [0.25, 0.3) is 0 Å². The first-order valence-corrected chi connectivity index (χ1v) is 4.64. The predicted molar refractivity (Wildman–Crippen MR) is 46.0 cm³/mol. The maximum Gasteiger partial charge on any atom is 0.420 e. The third-order valence-electron chi connectivity index (χ3n) is 2.18. The molecule has 1 saturated heterocycles. The van der Waals surface area contributed by atoms with E-state index < -0.39 is 24.2 Å². The number of nitrogens with one attached hydrogen (secondary N) is 2.